The maximum Gasteiger partial charge on any atom is 0.411 e. The van der Waals surface area contributed by atoms with E-state index in [1.54, 1.807) is 24.3 Å². The summed E-state index contributed by atoms with van der Waals surface area (Å²) in [5, 5.41) is 16.4. The number of carbonyl (C=O) groups is 1. The zero-order chi connectivity index (χ0) is 26.7. The van der Waals surface area contributed by atoms with E-state index in [4.69, 9.17) is 15.2 Å². The van der Waals surface area contributed by atoms with Crippen molar-refractivity contribution >= 4 is 11.7 Å². The Hall–Kier alpha value is -4.11. The maximum absolute atomic E-state index is 14.0. The van der Waals surface area contributed by atoms with E-state index in [-0.39, 0.29) is 54.6 Å². The number of nitrogens with zero attached hydrogens (tertiary/aromatic N) is 3. The maximum atomic E-state index is 14.0. The zero-order valence-electron chi connectivity index (χ0n) is 19.7. The molecule has 1 aromatic heterocycles. The molecule has 2 aromatic carbocycles. The third kappa shape index (κ3) is 5.36. The van der Waals surface area contributed by atoms with E-state index >= 15 is 0 Å². The largest absolute Gasteiger partial charge is 0.496 e. The number of nitriles is 1. The quantitative estimate of drug-likeness (QED) is 0.454. The van der Waals surface area contributed by atoms with Crippen LogP contribution in [0.3, 0.4) is 0 Å². The van der Waals surface area contributed by atoms with Crippen LogP contribution in [0.15, 0.2) is 42.5 Å². The molecule has 1 fully saturated rings. The number of alkyl halides is 3. The van der Waals surface area contributed by atoms with Gasteiger partial charge < -0.3 is 20.5 Å². The number of rotatable bonds is 7. The average Bonchev–Trinajstić information content (AvgIpc) is 3.50. The van der Waals surface area contributed by atoms with Crippen molar-refractivity contribution in [2.75, 3.05) is 26.1 Å². The minimum atomic E-state index is -4.64. The lowest BCUT2D eigenvalue weighted by atomic mass is 9.98. The minimum absolute atomic E-state index is 0.0215. The number of hydrogen-bond acceptors (Lipinski definition) is 6. The van der Waals surface area contributed by atoms with Crippen molar-refractivity contribution in [3.05, 3.63) is 65.0 Å². The molecule has 8 nitrogen and oxygen atoms in total. The summed E-state index contributed by atoms with van der Waals surface area (Å²) in [6.45, 7) is 0.210. The first-order valence-electron chi connectivity index (χ1n) is 11.3. The van der Waals surface area contributed by atoms with E-state index in [2.05, 4.69) is 10.4 Å². The number of ether oxygens (including phenoxy) is 2. The predicted octanol–water partition coefficient (Wildman–Crippen LogP) is 4.22. The van der Waals surface area contributed by atoms with Crippen LogP contribution in [0.1, 0.15) is 33.9 Å². The van der Waals surface area contributed by atoms with E-state index in [1.807, 2.05) is 6.07 Å². The molecule has 3 N–H and O–H groups in total. The molecule has 3 aromatic rings. The number of carbonyl (C=O) groups excluding carboxylic acids is 1. The van der Waals surface area contributed by atoms with Crippen molar-refractivity contribution in [3.63, 3.8) is 0 Å². The van der Waals surface area contributed by atoms with Crippen molar-refractivity contribution in [1.82, 2.24) is 15.1 Å². The molecule has 1 aliphatic heterocycles. The van der Waals surface area contributed by atoms with Gasteiger partial charge in [0.15, 0.2) is 6.04 Å². The number of nitrogen functional groups attached to an aromatic ring is 1. The summed E-state index contributed by atoms with van der Waals surface area (Å²) in [5.41, 5.74) is 6.89. The second-order valence-corrected chi connectivity index (χ2v) is 8.50. The molecule has 194 valence electrons. The van der Waals surface area contributed by atoms with Crippen molar-refractivity contribution in [3.8, 4) is 23.1 Å². The molecule has 2 atom stereocenters. The molecule has 12 heteroatoms. The molecule has 2 unspecified atom stereocenters. The highest BCUT2D eigenvalue weighted by atomic mass is 19.4. The highest BCUT2D eigenvalue weighted by Gasteiger charge is 2.49. The molecular weight excluding hydrogens is 494 g/mol. The van der Waals surface area contributed by atoms with Gasteiger partial charge in [-0.1, -0.05) is 24.3 Å². The highest BCUT2D eigenvalue weighted by molar-refractivity contribution is 5.96. The fourth-order valence-corrected chi connectivity index (χ4v) is 4.29. The Morgan fingerprint density at radius 2 is 2.05 bits per heavy atom. The predicted molar refractivity (Wildman–Crippen MR) is 125 cm³/mol. The number of methoxy groups -OCH3 is 1. The number of anilines is 1. The number of aromatic nitrogens is 2. The molecule has 1 saturated heterocycles. The zero-order valence-corrected chi connectivity index (χ0v) is 19.7. The molecule has 0 spiro atoms. The van der Waals surface area contributed by atoms with E-state index in [9.17, 15) is 27.6 Å². The molecule has 4 rings (SSSR count). The smallest absolute Gasteiger partial charge is 0.411 e. The summed E-state index contributed by atoms with van der Waals surface area (Å²) >= 11 is 0. The number of hydrogen-bond donors (Lipinski definition) is 2. The normalized spacial score (nSPS) is 16.3. The second-order valence-electron chi connectivity index (χ2n) is 8.50. The van der Waals surface area contributed by atoms with Crippen LogP contribution in [-0.2, 0) is 11.3 Å². The van der Waals surface area contributed by atoms with Gasteiger partial charge in [0.25, 0.3) is 5.91 Å². The van der Waals surface area contributed by atoms with Gasteiger partial charge in [-0.2, -0.15) is 23.5 Å². The van der Waals surface area contributed by atoms with Gasteiger partial charge >= 0.3 is 6.18 Å². The van der Waals surface area contributed by atoms with Gasteiger partial charge in [-0.05, 0) is 30.2 Å². The van der Waals surface area contributed by atoms with E-state index in [0.717, 1.165) is 6.07 Å². The lowest BCUT2D eigenvalue weighted by Gasteiger charge is -2.26. The Morgan fingerprint density at radius 3 is 2.65 bits per heavy atom. The lowest BCUT2D eigenvalue weighted by molar-refractivity contribution is -0.183. The Bertz CT molecular complexity index is 1330. The van der Waals surface area contributed by atoms with Gasteiger partial charge in [-0.15, -0.1) is 0 Å². The number of halogens is 4. The summed E-state index contributed by atoms with van der Waals surface area (Å²) in [6, 6.07) is 9.81. The number of nitrogens with one attached hydrogen (secondary N) is 1. The van der Waals surface area contributed by atoms with Crippen LogP contribution >= 0.6 is 0 Å². The Labute approximate surface area is 209 Å². The van der Waals surface area contributed by atoms with Gasteiger partial charge in [0.1, 0.15) is 34.7 Å². The highest BCUT2D eigenvalue weighted by Crippen LogP contribution is 2.42. The molecule has 1 aliphatic rings. The number of benzene rings is 2. The SMILES string of the molecule is COc1ccc(F)cc1C(=O)NCc1ccc(-c2nn(C(C3CCOC3)C(F)(F)F)c(N)c2C#N)cc1. The van der Waals surface area contributed by atoms with E-state index in [0.29, 0.717) is 15.8 Å². The monoisotopic (exact) mass is 517 g/mol. The van der Waals surface area contributed by atoms with Crippen LogP contribution in [0, 0.1) is 23.1 Å². The van der Waals surface area contributed by atoms with E-state index < -0.39 is 29.9 Å². The molecule has 0 aliphatic carbocycles. The van der Waals surface area contributed by atoms with Gasteiger partial charge in [0.2, 0.25) is 0 Å². The third-order valence-electron chi connectivity index (χ3n) is 6.16. The van der Waals surface area contributed by atoms with E-state index in [1.165, 1.54) is 19.2 Å². The summed E-state index contributed by atoms with van der Waals surface area (Å²) in [7, 11) is 1.37. The molecule has 0 saturated carbocycles. The van der Waals surface area contributed by atoms with Crippen LogP contribution in [0.2, 0.25) is 0 Å². The fourth-order valence-electron chi connectivity index (χ4n) is 4.29. The molecule has 0 radical (unpaired) electrons. The molecule has 2 heterocycles. The standard InChI is InChI=1S/C25H23F4N5O3/c1-36-20-7-6-17(26)10-18(20)24(35)32-12-14-2-4-15(5-3-14)21-19(11-30)23(31)34(33-21)22(25(27,28)29)16-8-9-37-13-16/h2-7,10,16,22H,8-9,12-13,31H2,1H3,(H,32,35). The first-order chi connectivity index (χ1) is 17.6. The third-order valence-corrected chi connectivity index (χ3v) is 6.16. The van der Waals surface area contributed by atoms with Crippen LogP contribution in [0.4, 0.5) is 23.4 Å². The second kappa shape index (κ2) is 10.5. The Kier molecular flexibility index (Phi) is 7.35. The summed E-state index contributed by atoms with van der Waals surface area (Å²) in [5.74, 6) is -2.16. The molecular formula is C25H23F4N5O3. The van der Waals surface area contributed by atoms with Crippen LogP contribution in [0.25, 0.3) is 11.3 Å². The van der Waals surface area contributed by atoms with Gasteiger partial charge in [0.05, 0.1) is 19.3 Å². The fraction of sp³-hybridized carbons (Fsp3) is 0.320. The van der Waals surface area contributed by atoms with Gasteiger partial charge in [-0.25, -0.2) is 9.07 Å². The lowest BCUT2D eigenvalue weighted by Crippen LogP contribution is -2.35. The van der Waals surface area contributed by atoms with Crippen LogP contribution in [0.5, 0.6) is 5.75 Å². The molecule has 1 amide bonds. The topological polar surface area (TPSA) is 115 Å². The van der Waals surface area contributed by atoms with Crippen LogP contribution < -0.4 is 15.8 Å². The first kappa shape index (κ1) is 26.0. The molecule has 0 bridgehead atoms. The first-order valence-corrected chi connectivity index (χ1v) is 11.3. The van der Waals surface area contributed by atoms with Gasteiger partial charge in [0, 0.05) is 24.6 Å². The average molecular weight is 517 g/mol. The number of nitrogens with two attached hydrogens (primary N) is 1. The van der Waals surface area contributed by atoms with Crippen molar-refractivity contribution in [1.29, 1.82) is 5.26 Å². The summed E-state index contributed by atoms with van der Waals surface area (Å²) < 4.78 is 66.4. The number of amides is 1. The van der Waals surface area contributed by atoms with Crippen molar-refractivity contribution in [2.24, 2.45) is 5.92 Å². The minimum Gasteiger partial charge on any atom is -0.496 e. The molecule has 37 heavy (non-hydrogen) atoms. The summed E-state index contributed by atoms with van der Waals surface area (Å²) in [6.07, 6.45) is -4.45. The van der Waals surface area contributed by atoms with Crippen molar-refractivity contribution < 1.29 is 31.8 Å². The Morgan fingerprint density at radius 1 is 1.32 bits per heavy atom. The Balaban J connectivity index is 1.56. The summed E-state index contributed by atoms with van der Waals surface area (Å²) in [4.78, 5) is 12.5. The van der Waals surface area contributed by atoms with Crippen LogP contribution in [-0.4, -0.2) is 42.2 Å². The van der Waals surface area contributed by atoms with Crippen molar-refractivity contribution in [2.45, 2.75) is 25.2 Å². The van der Waals surface area contributed by atoms with Gasteiger partial charge in [-0.3, -0.25) is 4.79 Å².